The van der Waals surface area contributed by atoms with Gasteiger partial charge in [-0.1, -0.05) is 36.0 Å². The highest BCUT2D eigenvalue weighted by Gasteiger charge is 2.16. The van der Waals surface area contributed by atoms with Crippen molar-refractivity contribution in [3.63, 3.8) is 0 Å². The molecule has 0 unspecified atom stereocenters. The lowest BCUT2D eigenvalue weighted by Crippen LogP contribution is -2.01. The van der Waals surface area contributed by atoms with E-state index in [1.165, 1.54) is 0 Å². The number of para-hydroxylation sites is 1. The molecule has 25 heavy (non-hydrogen) atoms. The molecular weight excluding hydrogens is 332 g/mol. The first-order valence-corrected chi connectivity index (χ1v) is 8.93. The quantitative estimate of drug-likeness (QED) is 0.625. The van der Waals surface area contributed by atoms with Crippen molar-refractivity contribution in [1.82, 2.24) is 14.8 Å². The molecular formula is C19H18N4OS. The molecule has 126 valence electrons. The van der Waals surface area contributed by atoms with Gasteiger partial charge in [0.25, 0.3) is 0 Å². The number of hydrogen-bond acceptors (Lipinski definition) is 5. The van der Waals surface area contributed by atoms with Crippen molar-refractivity contribution in [2.45, 2.75) is 24.4 Å². The van der Waals surface area contributed by atoms with E-state index in [1.807, 2.05) is 48.5 Å². The Morgan fingerprint density at radius 2 is 1.88 bits per heavy atom. The van der Waals surface area contributed by atoms with Crippen LogP contribution in [0.4, 0.5) is 0 Å². The van der Waals surface area contributed by atoms with Gasteiger partial charge < -0.3 is 9.30 Å². The molecule has 0 atom stereocenters. The van der Waals surface area contributed by atoms with E-state index in [1.54, 1.807) is 18.9 Å². The van der Waals surface area contributed by atoms with Crippen LogP contribution in [0.3, 0.4) is 0 Å². The predicted molar refractivity (Wildman–Crippen MR) is 98.4 cm³/mol. The summed E-state index contributed by atoms with van der Waals surface area (Å²) >= 11 is 1.63. The Morgan fingerprint density at radius 3 is 2.56 bits per heavy atom. The average molecular weight is 350 g/mol. The molecule has 2 aromatic carbocycles. The van der Waals surface area contributed by atoms with E-state index >= 15 is 0 Å². The van der Waals surface area contributed by atoms with Crippen molar-refractivity contribution in [1.29, 1.82) is 5.26 Å². The van der Waals surface area contributed by atoms with E-state index in [0.29, 0.717) is 5.56 Å². The fourth-order valence-corrected chi connectivity index (χ4v) is 3.49. The van der Waals surface area contributed by atoms with Crippen molar-refractivity contribution in [2.75, 3.05) is 7.11 Å². The third-order valence-electron chi connectivity index (χ3n) is 3.83. The van der Waals surface area contributed by atoms with Crippen LogP contribution in [-0.4, -0.2) is 21.9 Å². The Kier molecular flexibility index (Phi) is 5.36. The number of aromatic nitrogens is 3. The zero-order chi connectivity index (χ0) is 17.6. The standard InChI is InChI=1S/C19H18N4OS/c1-3-23-18(16-6-4-5-7-17(16)24-2)21-22-19(23)25-13-15-10-8-14(12-20)9-11-15/h4-11H,3,13H2,1-2H3. The summed E-state index contributed by atoms with van der Waals surface area (Å²) in [5.74, 6) is 2.37. The number of ether oxygens (including phenoxy) is 1. The molecule has 0 saturated heterocycles. The molecule has 1 aromatic heterocycles. The minimum absolute atomic E-state index is 0.670. The number of hydrogen-bond donors (Lipinski definition) is 0. The molecule has 0 aliphatic carbocycles. The molecule has 3 aromatic rings. The Labute approximate surface area is 151 Å². The molecule has 3 rings (SSSR count). The van der Waals surface area contributed by atoms with Crippen LogP contribution in [-0.2, 0) is 12.3 Å². The Bertz CT molecular complexity index is 897. The van der Waals surface area contributed by atoms with Gasteiger partial charge in [0.1, 0.15) is 5.75 Å². The number of benzene rings is 2. The summed E-state index contributed by atoms with van der Waals surface area (Å²) < 4.78 is 7.53. The molecule has 0 radical (unpaired) electrons. The second kappa shape index (κ2) is 7.86. The second-order valence-corrected chi connectivity index (χ2v) is 6.29. The van der Waals surface area contributed by atoms with Gasteiger partial charge >= 0.3 is 0 Å². The highest BCUT2D eigenvalue weighted by molar-refractivity contribution is 7.98. The SMILES string of the molecule is CCn1c(SCc2ccc(C#N)cc2)nnc1-c1ccccc1OC. The summed E-state index contributed by atoms with van der Waals surface area (Å²) in [6, 6.07) is 17.6. The lowest BCUT2D eigenvalue weighted by atomic mass is 10.2. The normalized spacial score (nSPS) is 10.4. The average Bonchev–Trinajstić information content (AvgIpc) is 3.09. The minimum atomic E-state index is 0.670. The third-order valence-corrected chi connectivity index (χ3v) is 4.87. The maximum absolute atomic E-state index is 8.87. The largest absolute Gasteiger partial charge is 0.496 e. The summed E-state index contributed by atoms with van der Waals surface area (Å²) in [7, 11) is 1.66. The molecule has 5 nitrogen and oxygen atoms in total. The molecule has 0 aliphatic rings. The summed E-state index contributed by atoms with van der Waals surface area (Å²) in [4.78, 5) is 0. The zero-order valence-corrected chi connectivity index (χ0v) is 15.0. The van der Waals surface area contributed by atoms with E-state index in [9.17, 15) is 0 Å². The van der Waals surface area contributed by atoms with Gasteiger partial charge in [0.2, 0.25) is 0 Å². The van der Waals surface area contributed by atoms with Crippen LogP contribution in [0.25, 0.3) is 11.4 Å². The number of nitriles is 1. The number of nitrogens with zero attached hydrogens (tertiary/aromatic N) is 4. The molecule has 0 aliphatic heterocycles. The highest BCUT2D eigenvalue weighted by Crippen LogP contribution is 2.31. The predicted octanol–water partition coefficient (Wildman–Crippen LogP) is 4.14. The van der Waals surface area contributed by atoms with E-state index in [0.717, 1.165) is 40.2 Å². The van der Waals surface area contributed by atoms with Crippen molar-refractivity contribution < 1.29 is 4.74 Å². The van der Waals surface area contributed by atoms with Gasteiger partial charge in [0.05, 0.1) is 24.3 Å². The van der Waals surface area contributed by atoms with E-state index in [4.69, 9.17) is 10.00 Å². The first-order chi connectivity index (χ1) is 12.3. The number of rotatable bonds is 6. The molecule has 1 heterocycles. The molecule has 0 bridgehead atoms. The third kappa shape index (κ3) is 3.67. The van der Waals surface area contributed by atoms with E-state index < -0.39 is 0 Å². The van der Waals surface area contributed by atoms with Crippen molar-refractivity contribution in [2.24, 2.45) is 0 Å². The lowest BCUT2D eigenvalue weighted by Gasteiger charge is -2.10. The van der Waals surface area contributed by atoms with Gasteiger partial charge in [-0.15, -0.1) is 10.2 Å². The summed E-state index contributed by atoms with van der Waals surface area (Å²) in [6.07, 6.45) is 0. The molecule has 0 amide bonds. The maximum atomic E-state index is 8.87. The number of methoxy groups -OCH3 is 1. The fourth-order valence-electron chi connectivity index (χ4n) is 2.53. The Hall–Kier alpha value is -2.78. The van der Waals surface area contributed by atoms with E-state index in [-0.39, 0.29) is 0 Å². The molecule has 0 N–H and O–H groups in total. The van der Waals surface area contributed by atoms with Crippen LogP contribution in [0.1, 0.15) is 18.1 Å². The van der Waals surface area contributed by atoms with Crippen LogP contribution in [0.2, 0.25) is 0 Å². The topological polar surface area (TPSA) is 63.7 Å². The summed E-state index contributed by atoms with van der Waals surface area (Å²) in [6.45, 7) is 2.85. The molecule has 0 fully saturated rings. The van der Waals surface area contributed by atoms with Crippen LogP contribution < -0.4 is 4.74 Å². The van der Waals surface area contributed by atoms with Crippen LogP contribution in [0.5, 0.6) is 5.75 Å². The molecule has 0 saturated carbocycles. The van der Waals surface area contributed by atoms with Crippen LogP contribution in [0.15, 0.2) is 53.7 Å². The van der Waals surface area contributed by atoms with Gasteiger partial charge in [0, 0.05) is 12.3 Å². The smallest absolute Gasteiger partial charge is 0.191 e. The number of thioether (sulfide) groups is 1. The van der Waals surface area contributed by atoms with Gasteiger partial charge in [-0.25, -0.2) is 0 Å². The molecule has 6 heteroatoms. The van der Waals surface area contributed by atoms with Crippen molar-refractivity contribution >= 4 is 11.8 Å². The van der Waals surface area contributed by atoms with E-state index in [2.05, 4.69) is 27.8 Å². The first-order valence-electron chi connectivity index (χ1n) is 7.95. The van der Waals surface area contributed by atoms with Gasteiger partial charge in [-0.3, -0.25) is 0 Å². The Balaban J connectivity index is 1.83. The van der Waals surface area contributed by atoms with Crippen LogP contribution >= 0.6 is 11.8 Å². The second-order valence-electron chi connectivity index (χ2n) is 5.35. The highest BCUT2D eigenvalue weighted by atomic mass is 32.2. The zero-order valence-electron chi connectivity index (χ0n) is 14.1. The van der Waals surface area contributed by atoms with Gasteiger partial charge in [-0.2, -0.15) is 5.26 Å². The van der Waals surface area contributed by atoms with Gasteiger partial charge in [-0.05, 0) is 36.8 Å². The summed E-state index contributed by atoms with van der Waals surface area (Å²) in [5, 5.41) is 18.5. The lowest BCUT2D eigenvalue weighted by molar-refractivity contribution is 0.416. The van der Waals surface area contributed by atoms with Crippen molar-refractivity contribution in [3.05, 3.63) is 59.7 Å². The Morgan fingerprint density at radius 1 is 1.12 bits per heavy atom. The summed E-state index contributed by atoms with van der Waals surface area (Å²) in [5.41, 5.74) is 2.75. The first kappa shape index (κ1) is 17.1. The fraction of sp³-hybridized carbons (Fsp3) is 0.211. The minimum Gasteiger partial charge on any atom is -0.496 e. The van der Waals surface area contributed by atoms with Gasteiger partial charge in [0.15, 0.2) is 11.0 Å². The molecule has 0 spiro atoms. The van der Waals surface area contributed by atoms with Crippen molar-refractivity contribution in [3.8, 4) is 23.2 Å². The van der Waals surface area contributed by atoms with Crippen LogP contribution in [0, 0.1) is 11.3 Å². The monoisotopic (exact) mass is 350 g/mol. The maximum Gasteiger partial charge on any atom is 0.191 e.